The molecule has 1 aromatic carbocycles. The van der Waals surface area contributed by atoms with Crippen LogP contribution < -0.4 is 5.32 Å². The highest BCUT2D eigenvalue weighted by atomic mass is 16.3. The van der Waals surface area contributed by atoms with Crippen molar-refractivity contribution in [3.8, 4) is 5.75 Å². The maximum absolute atomic E-state index is 9.84. The smallest absolute Gasteiger partial charge is 0.124 e. The van der Waals surface area contributed by atoms with Crippen molar-refractivity contribution in [3.05, 3.63) is 29.3 Å². The highest BCUT2D eigenvalue weighted by Crippen LogP contribution is 2.29. The van der Waals surface area contributed by atoms with E-state index in [4.69, 9.17) is 5.41 Å². The molecule has 0 aliphatic carbocycles. The molecule has 0 aromatic heterocycles. The number of nitrogens with one attached hydrogen (secondary N) is 2. The Labute approximate surface area is 96.0 Å². The van der Waals surface area contributed by atoms with Crippen LogP contribution in [0, 0.1) is 5.41 Å². The fourth-order valence-corrected chi connectivity index (χ4v) is 2.27. The molecule has 16 heavy (non-hydrogen) atoms. The Kier molecular flexibility index (Phi) is 3.25. The molecule has 0 saturated carbocycles. The third kappa shape index (κ3) is 2.25. The lowest BCUT2D eigenvalue weighted by Crippen LogP contribution is -2.26. The molecule has 1 fully saturated rings. The van der Waals surface area contributed by atoms with E-state index in [0.29, 0.717) is 17.2 Å². The minimum atomic E-state index is 0.239. The average Bonchev–Trinajstić information content (AvgIpc) is 2.29. The highest BCUT2D eigenvalue weighted by molar-refractivity contribution is 5.98. The van der Waals surface area contributed by atoms with Crippen LogP contribution >= 0.6 is 0 Å². The summed E-state index contributed by atoms with van der Waals surface area (Å²) in [5.74, 6) is 0.788. The van der Waals surface area contributed by atoms with Gasteiger partial charge in [0.1, 0.15) is 5.75 Å². The summed E-state index contributed by atoms with van der Waals surface area (Å²) in [5, 5.41) is 20.7. The van der Waals surface area contributed by atoms with Gasteiger partial charge in [-0.05, 0) is 56.5 Å². The van der Waals surface area contributed by atoms with Gasteiger partial charge in [-0.2, -0.15) is 0 Å². The maximum atomic E-state index is 9.84. The molecule has 2 rings (SSSR count). The summed E-state index contributed by atoms with van der Waals surface area (Å²) in [4.78, 5) is 0. The fourth-order valence-electron chi connectivity index (χ4n) is 2.27. The molecule has 0 bridgehead atoms. The van der Waals surface area contributed by atoms with E-state index in [1.165, 1.54) is 5.56 Å². The fraction of sp³-hybridized carbons (Fsp3) is 0.462. The first-order valence-electron chi connectivity index (χ1n) is 5.77. The van der Waals surface area contributed by atoms with Gasteiger partial charge >= 0.3 is 0 Å². The summed E-state index contributed by atoms with van der Waals surface area (Å²) >= 11 is 0. The van der Waals surface area contributed by atoms with E-state index in [9.17, 15) is 5.11 Å². The number of phenolic OH excluding ortho intramolecular Hbond substituents is 1. The lowest BCUT2D eigenvalue weighted by atomic mass is 9.89. The molecule has 1 aliphatic rings. The maximum Gasteiger partial charge on any atom is 0.124 e. The van der Waals surface area contributed by atoms with Crippen LogP contribution in [0.4, 0.5) is 0 Å². The lowest BCUT2D eigenvalue weighted by molar-refractivity contribution is 0.451. The van der Waals surface area contributed by atoms with Gasteiger partial charge in [-0.3, -0.25) is 0 Å². The highest BCUT2D eigenvalue weighted by Gasteiger charge is 2.16. The monoisotopic (exact) mass is 218 g/mol. The van der Waals surface area contributed by atoms with Crippen molar-refractivity contribution in [2.45, 2.75) is 25.7 Å². The SMILES string of the molecule is CC(=N)c1ccc(C2CCNCC2)cc1O. The van der Waals surface area contributed by atoms with Gasteiger partial charge < -0.3 is 15.8 Å². The van der Waals surface area contributed by atoms with Crippen LogP contribution in [0.5, 0.6) is 5.75 Å². The van der Waals surface area contributed by atoms with Crippen LogP contribution in [0.2, 0.25) is 0 Å². The zero-order chi connectivity index (χ0) is 11.5. The Morgan fingerprint density at radius 2 is 2.06 bits per heavy atom. The molecule has 0 radical (unpaired) electrons. The standard InChI is InChI=1S/C13H18N2O/c1-9(14)12-3-2-11(8-13(12)16)10-4-6-15-7-5-10/h2-3,8,10,14-16H,4-7H2,1H3. The van der Waals surface area contributed by atoms with Crippen molar-refractivity contribution >= 4 is 5.71 Å². The van der Waals surface area contributed by atoms with Gasteiger partial charge in [0, 0.05) is 11.3 Å². The Hall–Kier alpha value is -1.35. The number of piperidine rings is 1. The molecule has 1 aliphatic heterocycles. The van der Waals surface area contributed by atoms with Crippen LogP contribution in [0.3, 0.4) is 0 Å². The van der Waals surface area contributed by atoms with Crippen LogP contribution in [0.1, 0.15) is 36.8 Å². The summed E-state index contributed by atoms with van der Waals surface area (Å²) in [5.41, 5.74) is 2.25. The Morgan fingerprint density at radius 1 is 1.38 bits per heavy atom. The number of benzene rings is 1. The number of rotatable bonds is 2. The minimum Gasteiger partial charge on any atom is -0.507 e. The summed E-state index contributed by atoms with van der Waals surface area (Å²) in [6.07, 6.45) is 2.25. The van der Waals surface area contributed by atoms with Crippen LogP contribution in [-0.4, -0.2) is 23.9 Å². The van der Waals surface area contributed by atoms with Gasteiger partial charge in [0.15, 0.2) is 0 Å². The van der Waals surface area contributed by atoms with Gasteiger partial charge in [-0.15, -0.1) is 0 Å². The van der Waals surface area contributed by atoms with E-state index in [2.05, 4.69) is 5.32 Å². The number of hydrogen-bond donors (Lipinski definition) is 3. The molecule has 0 atom stereocenters. The topological polar surface area (TPSA) is 56.1 Å². The normalized spacial score (nSPS) is 17.3. The van der Waals surface area contributed by atoms with Crippen LogP contribution in [-0.2, 0) is 0 Å². The van der Waals surface area contributed by atoms with E-state index >= 15 is 0 Å². The van der Waals surface area contributed by atoms with E-state index in [0.717, 1.165) is 25.9 Å². The second-order valence-corrected chi connectivity index (χ2v) is 4.43. The van der Waals surface area contributed by atoms with E-state index in [-0.39, 0.29) is 5.75 Å². The first-order chi connectivity index (χ1) is 7.68. The third-order valence-corrected chi connectivity index (χ3v) is 3.24. The Balaban J connectivity index is 2.23. The van der Waals surface area contributed by atoms with Gasteiger partial charge in [0.2, 0.25) is 0 Å². The van der Waals surface area contributed by atoms with Gasteiger partial charge in [-0.25, -0.2) is 0 Å². The number of phenols is 1. The summed E-state index contributed by atoms with van der Waals surface area (Å²) in [7, 11) is 0. The molecule has 3 heteroatoms. The zero-order valence-electron chi connectivity index (χ0n) is 9.59. The van der Waals surface area contributed by atoms with Gasteiger partial charge in [0.05, 0.1) is 0 Å². The number of hydrogen-bond acceptors (Lipinski definition) is 3. The second kappa shape index (κ2) is 4.66. The molecule has 86 valence electrons. The molecule has 1 aromatic rings. The van der Waals surface area contributed by atoms with Crippen molar-refractivity contribution in [2.75, 3.05) is 13.1 Å². The molecule has 3 nitrogen and oxygen atoms in total. The molecule has 3 N–H and O–H groups in total. The minimum absolute atomic E-state index is 0.239. The molecular formula is C13H18N2O. The van der Waals surface area contributed by atoms with E-state index < -0.39 is 0 Å². The number of aromatic hydroxyl groups is 1. The van der Waals surface area contributed by atoms with Gasteiger partial charge in [-0.1, -0.05) is 6.07 Å². The predicted octanol–water partition coefficient (Wildman–Crippen LogP) is 2.25. The first kappa shape index (κ1) is 11.1. The Bertz CT molecular complexity index is 395. The zero-order valence-corrected chi connectivity index (χ0v) is 9.59. The van der Waals surface area contributed by atoms with Crippen molar-refractivity contribution < 1.29 is 5.11 Å². The van der Waals surface area contributed by atoms with Crippen LogP contribution in [0.25, 0.3) is 0 Å². The van der Waals surface area contributed by atoms with Crippen molar-refractivity contribution in [1.29, 1.82) is 5.41 Å². The van der Waals surface area contributed by atoms with Crippen molar-refractivity contribution in [2.24, 2.45) is 0 Å². The second-order valence-electron chi connectivity index (χ2n) is 4.43. The summed E-state index contributed by atoms with van der Waals surface area (Å²) < 4.78 is 0. The molecule has 0 amide bonds. The summed E-state index contributed by atoms with van der Waals surface area (Å²) in [6, 6.07) is 5.72. The average molecular weight is 218 g/mol. The van der Waals surface area contributed by atoms with E-state index in [1.54, 1.807) is 6.92 Å². The molecule has 1 saturated heterocycles. The van der Waals surface area contributed by atoms with Gasteiger partial charge in [0.25, 0.3) is 0 Å². The third-order valence-electron chi connectivity index (χ3n) is 3.24. The largest absolute Gasteiger partial charge is 0.507 e. The first-order valence-corrected chi connectivity index (χ1v) is 5.77. The van der Waals surface area contributed by atoms with Crippen molar-refractivity contribution in [1.82, 2.24) is 5.32 Å². The predicted molar refractivity (Wildman–Crippen MR) is 65.5 cm³/mol. The molecular weight excluding hydrogens is 200 g/mol. The van der Waals surface area contributed by atoms with Crippen molar-refractivity contribution in [3.63, 3.8) is 0 Å². The quantitative estimate of drug-likeness (QED) is 0.667. The summed E-state index contributed by atoms with van der Waals surface area (Å²) in [6.45, 7) is 3.80. The Morgan fingerprint density at radius 3 is 2.62 bits per heavy atom. The lowest BCUT2D eigenvalue weighted by Gasteiger charge is -2.23. The molecule has 0 spiro atoms. The molecule has 0 unspecified atom stereocenters. The van der Waals surface area contributed by atoms with E-state index in [1.807, 2.05) is 18.2 Å². The van der Waals surface area contributed by atoms with Crippen LogP contribution in [0.15, 0.2) is 18.2 Å². The molecule has 1 heterocycles.